The molecule has 0 radical (unpaired) electrons. The molecule has 0 aliphatic carbocycles. The summed E-state index contributed by atoms with van der Waals surface area (Å²) in [7, 11) is 0. The van der Waals surface area contributed by atoms with Gasteiger partial charge in [0.05, 0.1) is 23.9 Å². The number of hydrogen-bond acceptors (Lipinski definition) is 5. The molecule has 3 rings (SSSR count). The summed E-state index contributed by atoms with van der Waals surface area (Å²) in [6, 6.07) is 13.7. The minimum absolute atomic E-state index is 0.0880. The first-order valence-electron chi connectivity index (χ1n) is 9.44. The van der Waals surface area contributed by atoms with E-state index in [0.29, 0.717) is 16.7 Å². The number of halogens is 1. The van der Waals surface area contributed by atoms with Crippen molar-refractivity contribution in [3.8, 4) is 11.8 Å². The molecule has 6 nitrogen and oxygen atoms in total. The first-order chi connectivity index (χ1) is 14.4. The van der Waals surface area contributed by atoms with E-state index in [1.165, 1.54) is 11.8 Å². The molecule has 30 heavy (non-hydrogen) atoms. The van der Waals surface area contributed by atoms with Crippen molar-refractivity contribution in [3.63, 3.8) is 0 Å². The molecule has 0 aliphatic rings. The number of nitriles is 1. The number of carbonyl (C=O) groups is 1. The van der Waals surface area contributed by atoms with Gasteiger partial charge < -0.3 is 4.90 Å². The molecule has 1 aromatic heterocycles. The zero-order valence-electron chi connectivity index (χ0n) is 17.1. The van der Waals surface area contributed by atoms with Gasteiger partial charge in [0.2, 0.25) is 5.91 Å². The van der Waals surface area contributed by atoms with Crippen molar-refractivity contribution in [1.29, 1.82) is 5.26 Å². The fourth-order valence-corrected chi connectivity index (χ4v) is 3.87. The summed E-state index contributed by atoms with van der Waals surface area (Å²) in [5, 5.41) is 18.4. The van der Waals surface area contributed by atoms with Gasteiger partial charge in [0, 0.05) is 17.3 Å². The van der Waals surface area contributed by atoms with E-state index in [1.807, 2.05) is 57.2 Å². The summed E-state index contributed by atoms with van der Waals surface area (Å²) in [5.41, 5.74) is 4.88. The molecule has 0 bridgehead atoms. The van der Waals surface area contributed by atoms with Crippen molar-refractivity contribution in [2.45, 2.75) is 32.3 Å². The molecule has 1 amide bonds. The molecule has 3 aromatic rings. The van der Waals surface area contributed by atoms with Crippen LogP contribution in [-0.2, 0) is 4.79 Å². The molecular weight excluding hydrogens is 418 g/mol. The highest BCUT2D eigenvalue weighted by molar-refractivity contribution is 7.99. The van der Waals surface area contributed by atoms with Crippen LogP contribution in [0.25, 0.3) is 5.69 Å². The van der Waals surface area contributed by atoms with Gasteiger partial charge in [0.25, 0.3) is 0 Å². The maximum absolute atomic E-state index is 13.0. The Kier molecular flexibility index (Phi) is 7.14. The third kappa shape index (κ3) is 5.02. The van der Waals surface area contributed by atoms with Gasteiger partial charge in [-0.2, -0.15) is 5.26 Å². The van der Waals surface area contributed by atoms with E-state index in [9.17, 15) is 4.79 Å². The van der Waals surface area contributed by atoms with Gasteiger partial charge in [-0.15, -0.1) is 10.2 Å². The summed E-state index contributed by atoms with van der Waals surface area (Å²) in [5.74, 6) is 0.0893. The summed E-state index contributed by atoms with van der Waals surface area (Å²) in [4.78, 5) is 14.7. The van der Waals surface area contributed by atoms with Crippen LogP contribution in [0, 0.1) is 32.1 Å². The Morgan fingerprint density at radius 3 is 2.63 bits per heavy atom. The smallest absolute Gasteiger partial charge is 0.237 e. The van der Waals surface area contributed by atoms with Crippen LogP contribution in [0.15, 0.2) is 47.9 Å². The van der Waals surface area contributed by atoms with Crippen LogP contribution in [0.4, 0.5) is 5.69 Å². The molecule has 0 fully saturated rings. The number of amides is 1. The quantitative estimate of drug-likeness (QED) is 0.490. The number of rotatable bonds is 7. The highest BCUT2D eigenvalue weighted by Gasteiger charge is 2.18. The van der Waals surface area contributed by atoms with E-state index in [1.54, 1.807) is 15.8 Å². The number of nitrogens with zero attached hydrogens (tertiary/aromatic N) is 5. The van der Waals surface area contributed by atoms with Gasteiger partial charge in [-0.1, -0.05) is 35.5 Å². The van der Waals surface area contributed by atoms with Crippen molar-refractivity contribution in [1.82, 2.24) is 14.8 Å². The van der Waals surface area contributed by atoms with Gasteiger partial charge in [0.15, 0.2) is 5.16 Å². The molecule has 0 atom stereocenters. The second kappa shape index (κ2) is 9.79. The third-order valence-corrected chi connectivity index (χ3v) is 6.16. The Balaban J connectivity index is 1.77. The Hall–Kier alpha value is -2.82. The minimum atomic E-state index is -0.0880. The summed E-state index contributed by atoms with van der Waals surface area (Å²) >= 11 is 7.55. The number of thioether (sulfide) groups is 1. The zero-order valence-corrected chi connectivity index (χ0v) is 18.7. The first kappa shape index (κ1) is 21.9. The highest BCUT2D eigenvalue weighted by Crippen LogP contribution is 2.25. The van der Waals surface area contributed by atoms with Gasteiger partial charge in [-0.25, -0.2) is 0 Å². The number of carbonyl (C=O) groups excluding carboxylic acids is 1. The van der Waals surface area contributed by atoms with Gasteiger partial charge in [-0.3, -0.25) is 9.36 Å². The maximum atomic E-state index is 13.0. The van der Waals surface area contributed by atoms with E-state index in [4.69, 9.17) is 16.9 Å². The van der Waals surface area contributed by atoms with Crippen LogP contribution in [0.1, 0.15) is 23.1 Å². The van der Waals surface area contributed by atoms with Crippen LogP contribution in [0.5, 0.6) is 0 Å². The molecule has 0 N–H and O–H groups in total. The van der Waals surface area contributed by atoms with Crippen LogP contribution in [0.3, 0.4) is 0 Å². The molecule has 0 unspecified atom stereocenters. The number of benzene rings is 2. The molecule has 154 valence electrons. The lowest BCUT2D eigenvalue weighted by atomic mass is 10.1. The van der Waals surface area contributed by atoms with E-state index >= 15 is 0 Å². The summed E-state index contributed by atoms with van der Waals surface area (Å²) in [6.07, 6.45) is 1.87. The molecule has 0 spiro atoms. The molecule has 0 saturated carbocycles. The normalized spacial score (nSPS) is 10.6. The van der Waals surface area contributed by atoms with E-state index in [0.717, 1.165) is 28.1 Å². The SMILES string of the molecule is Cc1ccc(N(CCC#N)C(=O)CSc2nncn2-c2ccc(C)c(Cl)c2)cc1C. The van der Waals surface area contributed by atoms with Crippen molar-refractivity contribution in [3.05, 3.63) is 64.4 Å². The van der Waals surface area contributed by atoms with Crippen LogP contribution < -0.4 is 4.90 Å². The lowest BCUT2D eigenvalue weighted by Gasteiger charge is -2.22. The topological polar surface area (TPSA) is 74.8 Å². The van der Waals surface area contributed by atoms with Gasteiger partial charge >= 0.3 is 0 Å². The molecule has 1 heterocycles. The lowest BCUT2D eigenvalue weighted by molar-refractivity contribution is -0.116. The monoisotopic (exact) mass is 439 g/mol. The Labute approximate surface area is 185 Å². The second-order valence-electron chi connectivity index (χ2n) is 6.93. The minimum Gasteiger partial charge on any atom is -0.311 e. The van der Waals surface area contributed by atoms with Crippen molar-refractivity contribution in [2.24, 2.45) is 0 Å². The third-order valence-electron chi connectivity index (χ3n) is 4.83. The van der Waals surface area contributed by atoms with Gasteiger partial charge in [-0.05, 0) is 61.7 Å². The number of aryl methyl sites for hydroxylation is 3. The number of anilines is 1. The van der Waals surface area contributed by atoms with Crippen LogP contribution in [-0.4, -0.2) is 33.0 Å². The highest BCUT2D eigenvalue weighted by atomic mass is 35.5. The fourth-order valence-electron chi connectivity index (χ4n) is 2.89. The average molecular weight is 440 g/mol. The van der Waals surface area contributed by atoms with Crippen molar-refractivity contribution in [2.75, 3.05) is 17.2 Å². The van der Waals surface area contributed by atoms with E-state index in [2.05, 4.69) is 16.3 Å². The van der Waals surface area contributed by atoms with Crippen LogP contribution in [0.2, 0.25) is 5.02 Å². The molecule has 0 aliphatic heterocycles. The molecule has 2 aromatic carbocycles. The predicted molar refractivity (Wildman–Crippen MR) is 120 cm³/mol. The standard InChI is InChI=1S/C22H22ClN5OS/c1-15-5-7-18(11-17(15)3)27(10-4-9-24)21(29)13-30-22-26-25-14-28(22)19-8-6-16(2)20(23)12-19/h5-8,11-12,14H,4,10,13H2,1-3H3. The van der Waals surface area contributed by atoms with E-state index in [-0.39, 0.29) is 18.1 Å². The lowest BCUT2D eigenvalue weighted by Crippen LogP contribution is -2.33. The average Bonchev–Trinajstić information content (AvgIpc) is 3.20. The first-order valence-corrected chi connectivity index (χ1v) is 10.8. The number of aromatic nitrogens is 3. The summed E-state index contributed by atoms with van der Waals surface area (Å²) < 4.78 is 1.80. The van der Waals surface area contributed by atoms with Crippen LogP contribution >= 0.6 is 23.4 Å². The summed E-state index contributed by atoms with van der Waals surface area (Å²) in [6.45, 7) is 6.32. The van der Waals surface area contributed by atoms with Crippen molar-refractivity contribution < 1.29 is 4.79 Å². The molecule has 8 heteroatoms. The predicted octanol–water partition coefficient (Wildman–Crippen LogP) is 4.88. The Bertz CT molecular complexity index is 1110. The van der Waals surface area contributed by atoms with Gasteiger partial charge in [0.1, 0.15) is 6.33 Å². The van der Waals surface area contributed by atoms with E-state index < -0.39 is 0 Å². The fraction of sp³-hybridized carbons (Fsp3) is 0.273. The molecule has 0 saturated heterocycles. The largest absolute Gasteiger partial charge is 0.311 e. The number of hydrogen-bond donors (Lipinski definition) is 0. The zero-order chi connectivity index (χ0) is 21.7. The van der Waals surface area contributed by atoms with Crippen molar-refractivity contribution >= 4 is 35.0 Å². The Morgan fingerprint density at radius 2 is 1.93 bits per heavy atom. The molecular formula is C22H22ClN5OS. The second-order valence-corrected chi connectivity index (χ2v) is 8.28. The maximum Gasteiger partial charge on any atom is 0.237 e. The Morgan fingerprint density at radius 1 is 1.17 bits per heavy atom.